The molecular formula is C23H20N2O2. The molecular weight excluding hydrogens is 336 g/mol. The summed E-state index contributed by atoms with van der Waals surface area (Å²) in [5.41, 5.74) is 10.1. The SMILES string of the molecule is Nc1cc(C(=O)c2ccccc2)ccc1C(=O)N1CCCc2ccccc21. The number of hydrogen-bond acceptors (Lipinski definition) is 3. The van der Waals surface area contributed by atoms with Crippen LogP contribution in [0.25, 0.3) is 0 Å². The number of anilines is 2. The molecule has 1 amide bonds. The van der Waals surface area contributed by atoms with Crippen molar-refractivity contribution in [1.82, 2.24) is 0 Å². The van der Waals surface area contributed by atoms with Gasteiger partial charge in [-0.25, -0.2) is 0 Å². The molecule has 0 atom stereocenters. The van der Waals surface area contributed by atoms with Crippen molar-refractivity contribution in [2.24, 2.45) is 0 Å². The third-order valence-electron chi connectivity index (χ3n) is 4.94. The Balaban J connectivity index is 1.64. The minimum Gasteiger partial charge on any atom is -0.398 e. The van der Waals surface area contributed by atoms with E-state index in [0.717, 1.165) is 18.5 Å². The molecule has 0 saturated heterocycles. The Bertz CT molecular complexity index is 1010. The number of aryl methyl sites for hydroxylation is 1. The zero-order valence-electron chi connectivity index (χ0n) is 14.9. The van der Waals surface area contributed by atoms with E-state index in [0.29, 0.717) is 28.9 Å². The molecule has 3 aromatic carbocycles. The van der Waals surface area contributed by atoms with Crippen LogP contribution in [0.15, 0.2) is 72.8 Å². The first-order chi connectivity index (χ1) is 13.1. The van der Waals surface area contributed by atoms with E-state index in [1.165, 1.54) is 5.56 Å². The number of carbonyl (C=O) groups excluding carboxylic acids is 2. The molecule has 4 rings (SSSR count). The predicted octanol–water partition coefficient (Wildman–Crippen LogP) is 4.09. The highest BCUT2D eigenvalue weighted by Crippen LogP contribution is 2.29. The second kappa shape index (κ2) is 7.08. The monoisotopic (exact) mass is 356 g/mol. The van der Waals surface area contributed by atoms with E-state index in [4.69, 9.17) is 5.73 Å². The minimum absolute atomic E-state index is 0.107. The zero-order chi connectivity index (χ0) is 18.8. The maximum Gasteiger partial charge on any atom is 0.260 e. The molecule has 1 aliphatic rings. The van der Waals surface area contributed by atoms with Crippen LogP contribution in [0.5, 0.6) is 0 Å². The lowest BCUT2D eigenvalue weighted by atomic mass is 9.98. The van der Waals surface area contributed by atoms with Crippen LogP contribution < -0.4 is 10.6 Å². The van der Waals surface area contributed by atoms with Crippen molar-refractivity contribution in [2.45, 2.75) is 12.8 Å². The fourth-order valence-corrected chi connectivity index (χ4v) is 3.54. The molecule has 134 valence electrons. The Labute approximate surface area is 158 Å². The second-order valence-corrected chi connectivity index (χ2v) is 6.69. The van der Waals surface area contributed by atoms with Gasteiger partial charge >= 0.3 is 0 Å². The van der Waals surface area contributed by atoms with Crippen LogP contribution in [-0.2, 0) is 6.42 Å². The van der Waals surface area contributed by atoms with E-state index in [1.807, 2.05) is 36.4 Å². The molecule has 4 nitrogen and oxygen atoms in total. The molecule has 0 spiro atoms. The van der Waals surface area contributed by atoms with Gasteiger partial charge in [0.05, 0.1) is 5.56 Å². The highest BCUT2D eigenvalue weighted by Gasteiger charge is 2.25. The van der Waals surface area contributed by atoms with Crippen LogP contribution in [0.2, 0.25) is 0 Å². The molecule has 0 bridgehead atoms. The summed E-state index contributed by atoms with van der Waals surface area (Å²) < 4.78 is 0. The Hall–Kier alpha value is -3.40. The van der Waals surface area contributed by atoms with Crippen molar-refractivity contribution in [3.05, 3.63) is 95.1 Å². The van der Waals surface area contributed by atoms with Crippen molar-refractivity contribution in [2.75, 3.05) is 17.2 Å². The summed E-state index contributed by atoms with van der Waals surface area (Å²) in [5.74, 6) is -0.233. The second-order valence-electron chi connectivity index (χ2n) is 6.69. The van der Waals surface area contributed by atoms with Gasteiger partial charge in [0, 0.05) is 29.0 Å². The van der Waals surface area contributed by atoms with Crippen LogP contribution in [0.1, 0.15) is 38.3 Å². The van der Waals surface area contributed by atoms with Crippen LogP contribution in [0.4, 0.5) is 11.4 Å². The van der Waals surface area contributed by atoms with Crippen LogP contribution in [0.3, 0.4) is 0 Å². The van der Waals surface area contributed by atoms with Gasteiger partial charge in [0.2, 0.25) is 0 Å². The molecule has 1 heterocycles. The number of carbonyl (C=O) groups is 2. The highest BCUT2D eigenvalue weighted by molar-refractivity contribution is 6.13. The van der Waals surface area contributed by atoms with Crippen molar-refractivity contribution in [1.29, 1.82) is 0 Å². The summed E-state index contributed by atoms with van der Waals surface area (Å²) in [6, 6.07) is 21.9. The number of para-hydroxylation sites is 1. The van der Waals surface area contributed by atoms with Crippen molar-refractivity contribution in [3.8, 4) is 0 Å². The molecule has 3 aromatic rings. The number of nitrogens with two attached hydrogens (primary N) is 1. The smallest absolute Gasteiger partial charge is 0.260 e. The van der Waals surface area contributed by atoms with Crippen molar-refractivity contribution in [3.63, 3.8) is 0 Å². The maximum atomic E-state index is 13.1. The first kappa shape index (κ1) is 17.0. The normalized spacial score (nSPS) is 13.1. The average Bonchev–Trinajstić information content (AvgIpc) is 2.73. The summed E-state index contributed by atoms with van der Waals surface area (Å²) in [5, 5.41) is 0. The lowest BCUT2D eigenvalue weighted by Gasteiger charge is -2.29. The summed E-state index contributed by atoms with van der Waals surface area (Å²) in [6.45, 7) is 0.667. The van der Waals surface area contributed by atoms with Crippen molar-refractivity contribution >= 4 is 23.1 Å². The van der Waals surface area contributed by atoms with E-state index < -0.39 is 0 Å². The summed E-state index contributed by atoms with van der Waals surface area (Å²) in [4.78, 5) is 27.5. The lowest BCUT2D eigenvalue weighted by Crippen LogP contribution is -2.35. The third-order valence-corrected chi connectivity index (χ3v) is 4.94. The molecule has 4 heteroatoms. The number of fused-ring (bicyclic) bond motifs is 1. The molecule has 0 saturated carbocycles. The van der Waals surface area contributed by atoms with Gasteiger partial charge in [-0.1, -0.05) is 54.6 Å². The first-order valence-electron chi connectivity index (χ1n) is 9.04. The lowest BCUT2D eigenvalue weighted by molar-refractivity contribution is 0.0983. The van der Waals surface area contributed by atoms with E-state index >= 15 is 0 Å². The molecule has 1 aliphatic heterocycles. The van der Waals surface area contributed by atoms with Gasteiger partial charge in [-0.15, -0.1) is 0 Å². The Kier molecular flexibility index (Phi) is 4.47. The number of hydrogen-bond donors (Lipinski definition) is 1. The van der Waals surface area contributed by atoms with E-state index in [-0.39, 0.29) is 11.7 Å². The fraction of sp³-hybridized carbons (Fsp3) is 0.130. The predicted molar refractivity (Wildman–Crippen MR) is 107 cm³/mol. The molecule has 27 heavy (non-hydrogen) atoms. The molecule has 0 fully saturated rings. The molecule has 2 N–H and O–H groups in total. The number of nitrogen functional groups attached to an aromatic ring is 1. The Morgan fingerprint density at radius 1 is 0.852 bits per heavy atom. The van der Waals surface area contributed by atoms with E-state index in [2.05, 4.69) is 6.07 Å². The van der Waals surface area contributed by atoms with Gasteiger partial charge in [-0.3, -0.25) is 9.59 Å². The molecule has 0 radical (unpaired) electrons. The average molecular weight is 356 g/mol. The number of rotatable bonds is 3. The quantitative estimate of drug-likeness (QED) is 0.568. The van der Waals surface area contributed by atoms with E-state index in [1.54, 1.807) is 35.2 Å². The van der Waals surface area contributed by atoms with Crippen molar-refractivity contribution < 1.29 is 9.59 Å². The maximum absolute atomic E-state index is 13.1. The number of ketones is 1. The van der Waals surface area contributed by atoms with Crippen LogP contribution in [0, 0.1) is 0 Å². The number of amides is 1. The third kappa shape index (κ3) is 3.22. The van der Waals surface area contributed by atoms with Crippen LogP contribution >= 0.6 is 0 Å². The molecule has 0 unspecified atom stereocenters. The molecule has 0 aliphatic carbocycles. The number of benzene rings is 3. The molecule has 0 aromatic heterocycles. The highest BCUT2D eigenvalue weighted by atomic mass is 16.2. The largest absolute Gasteiger partial charge is 0.398 e. The van der Waals surface area contributed by atoms with E-state index in [9.17, 15) is 9.59 Å². The number of nitrogens with zero attached hydrogens (tertiary/aromatic N) is 1. The summed E-state index contributed by atoms with van der Waals surface area (Å²) in [7, 11) is 0. The zero-order valence-corrected chi connectivity index (χ0v) is 14.9. The van der Waals surface area contributed by atoms with Gasteiger partial charge < -0.3 is 10.6 Å². The Morgan fingerprint density at radius 2 is 1.59 bits per heavy atom. The minimum atomic E-state index is -0.127. The van der Waals surface area contributed by atoms with Gasteiger partial charge in [0.1, 0.15) is 0 Å². The van der Waals surface area contributed by atoms with Gasteiger partial charge in [0.15, 0.2) is 5.78 Å². The fourth-order valence-electron chi connectivity index (χ4n) is 3.54. The summed E-state index contributed by atoms with van der Waals surface area (Å²) in [6.07, 6.45) is 1.90. The summed E-state index contributed by atoms with van der Waals surface area (Å²) >= 11 is 0. The first-order valence-corrected chi connectivity index (χ1v) is 9.04. The Morgan fingerprint density at radius 3 is 2.37 bits per heavy atom. The van der Waals surface area contributed by atoms with Crippen LogP contribution in [-0.4, -0.2) is 18.2 Å². The topological polar surface area (TPSA) is 63.4 Å². The van der Waals surface area contributed by atoms with Gasteiger partial charge in [-0.05, 0) is 36.6 Å². The van der Waals surface area contributed by atoms with Gasteiger partial charge in [0.25, 0.3) is 5.91 Å². The standard InChI is InChI=1S/C23H20N2O2/c24-20-15-18(22(26)17-8-2-1-3-9-17)12-13-19(20)23(27)25-14-6-10-16-7-4-5-11-21(16)25/h1-5,7-9,11-13,15H,6,10,14,24H2. The van der Waals surface area contributed by atoms with Gasteiger partial charge in [-0.2, -0.15) is 0 Å².